The van der Waals surface area contributed by atoms with E-state index in [0.29, 0.717) is 6.04 Å². The molecule has 20 heavy (non-hydrogen) atoms. The molecule has 0 bridgehead atoms. The zero-order chi connectivity index (χ0) is 14.1. The highest BCUT2D eigenvalue weighted by Gasteiger charge is 2.16. The van der Waals surface area contributed by atoms with Gasteiger partial charge in [-0.05, 0) is 63.5 Å². The molecule has 1 aliphatic rings. The van der Waals surface area contributed by atoms with Gasteiger partial charge >= 0.3 is 0 Å². The molecule has 1 saturated heterocycles. The molecule has 0 spiro atoms. The molecule has 0 radical (unpaired) electrons. The van der Waals surface area contributed by atoms with E-state index in [4.69, 9.17) is 0 Å². The van der Waals surface area contributed by atoms with Crippen molar-refractivity contribution in [2.24, 2.45) is 0 Å². The molecule has 1 aromatic heterocycles. The molecule has 0 amide bonds. The molecule has 3 heteroatoms. The maximum absolute atomic E-state index is 13.5. The molecule has 0 unspecified atom stereocenters. The van der Waals surface area contributed by atoms with E-state index in [-0.39, 0.29) is 5.82 Å². The van der Waals surface area contributed by atoms with E-state index in [1.807, 2.05) is 6.07 Å². The van der Waals surface area contributed by atoms with Crippen molar-refractivity contribution in [1.29, 1.82) is 0 Å². The fourth-order valence-corrected chi connectivity index (χ4v) is 3.21. The molecule has 108 valence electrons. The Labute approximate surface area is 120 Å². The number of fused-ring (bicyclic) bond motifs is 1. The summed E-state index contributed by atoms with van der Waals surface area (Å²) in [6.45, 7) is 7.66. The number of hydrogen-bond acceptors (Lipinski definition) is 1. The first-order valence-corrected chi connectivity index (χ1v) is 7.66. The summed E-state index contributed by atoms with van der Waals surface area (Å²) in [6, 6.07) is 5.53. The van der Waals surface area contributed by atoms with Crippen molar-refractivity contribution in [3.8, 4) is 0 Å². The molecule has 0 aliphatic carbocycles. The Balaban J connectivity index is 1.97. The molecule has 0 N–H and O–H groups in total. The molecule has 1 aliphatic heterocycles. The zero-order valence-corrected chi connectivity index (χ0v) is 12.4. The van der Waals surface area contributed by atoms with Crippen LogP contribution in [0.15, 0.2) is 24.4 Å². The molecule has 0 saturated carbocycles. The number of piperidine rings is 1. The summed E-state index contributed by atoms with van der Waals surface area (Å²) >= 11 is 0. The molecular weight excluding hydrogens is 251 g/mol. The van der Waals surface area contributed by atoms with E-state index >= 15 is 0 Å². The minimum Gasteiger partial charge on any atom is -0.345 e. The SMILES string of the molecule is CC(C)n1cc(CN2CCCCC2)c2ccc(F)cc21. The van der Waals surface area contributed by atoms with Crippen LogP contribution in [0.4, 0.5) is 4.39 Å². The van der Waals surface area contributed by atoms with Gasteiger partial charge in [-0.15, -0.1) is 0 Å². The monoisotopic (exact) mass is 274 g/mol. The smallest absolute Gasteiger partial charge is 0.125 e. The average Bonchev–Trinajstić information content (AvgIpc) is 2.78. The lowest BCUT2D eigenvalue weighted by molar-refractivity contribution is 0.221. The fourth-order valence-electron chi connectivity index (χ4n) is 3.21. The second kappa shape index (κ2) is 5.57. The Kier molecular flexibility index (Phi) is 3.79. The van der Waals surface area contributed by atoms with Crippen molar-refractivity contribution in [2.75, 3.05) is 13.1 Å². The van der Waals surface area contributed by atoms with Gasteiger partial charge in [0.05, 0.1) is 5.52 Å². The molecule has 2 nitrogen and oxygen atoms in total. The van der Waals surface area contributed by atoms with E-state index < -0.39 is 0 Å². The summed E-state index contributed by atoms with van der Waals surface area (Å²) in [5.74, 6) is -0.151. The number of aromatic nitrogens is 1. The summed E-state index contributed by atoms with van der Waals surface area (Å²) < 4.78 is 15.7. The molecule has 2 heterocycles. The van der Waals surface area contributed by atoms with E-state index in [2.05, 4.69) is 29.5 Å². The maximum atomic E-state index is 13.5. The van der Waals surface area contributed by atoms with Gasteiger partial charge in [0, 0.05) is 24.2 Å². The Morgan fingerprint density at radius 1 is 1.15 bits per heavy atom. The first-order chi connectivity index (χ1) is 9.65. The number of benzene rings is 1. The van der Waals surface area contributed by atoms with Gasteiger partial charge in [-0.3, -0.25) is 4.90 Å². The van der Waals surface area contributed by atoms with Gasteiger partial charge in [-0.25, -0.2) is 4.39 Å². The van der Waals surface area contributed by atoms with Crippen molar-refractivity contribution >= 4 is 10.9 Å². The normalized spacial score (nSPS) is 17.2. The van der Waals surface area contributed by atoms with Crippen LogP contribution in [0.2, 0.25) is 0 Å². The highest BCUT2D eigenvalue weighted by atomic mass is 19.1. The van der Waals surface area contributed by atoms with Crippen LogP contribution < -0.4 is 0 Å². The number of halogens is 1. The Morgan fingerprint density at radius 2 is 1.90 bits per heavy atom. The zero-order valence-electron chi connectivity index (χ0n) is 12.4. The summed E-state index contributed by atoms with van der Waals surface area (Å²) in [5.41, 5.74) is 2.35. The largest absolute Gasteiger partial charge is 0.345 e. The van der Waals surface area contributed by atoms with Gasteiger partial charge in [-0.2, -0.15) is 0 Å². The van der Waals surface area contributed by atoms with Crippen molar-refractivity contribution in [1.82, 2.24) is 9.47 Å². The molecular formula is C17H23FN2. The molecule has 1 aromatic carbocycles. The van der Waals surface area contributed by atoms with Crippen LogP contribution in [0, 0.1) is 5.82 Å². The van der Waals surface area contributed by atoms with Gasteiger partial charge in [0.25, 0.3) is 0 Å². The van der Waals surface area contributed by atoms with Crippen molar-refractivity contribution < 1.29 is 4.39 Å². The second-order valence-electron chi connectivity index (χ2n) is 6.15. The van der Waals surface area contributed by atoms with E-state index in [1.165, 1.54) is 43.3 Å². The van der Waals surface area contributed by atoms with Gasteiger partial charge in [0.15, 0.2) is 0 Å². The van der Waals surface area contributed by atoms with Gasteiger partial charge in [0.1, 0.15) is 5.82 Å². The van der Waals surface area contributed by atoms with Crippen molar-refractivity contribution in [3.63, 3.8) is 0 Å². The molecule has 3 rings (SSSR count). The first-order valence-electron chi connectivity index (χ1n) is 7.66. The van der Waals surface area contributed by atoms with Crippen molar-refractivity contribution in [3.05, 3.63) is 35.8 Å². The lowest BCUT2D eigenvalue weighted by atomic mass is 10.1. The third-order valence-corrected chi connectivity index (χ3v) is 4.28. The Bertz CT molecular complexity index is 594. The van der Waals surface area contributed by atoms with Crippen LogP contribution in [0.1, 0.15) is 44.7 Å². The Hall–Kier alpha value is -1.35. The standard InChI is InChI=1S/C17H23FN2/c1-13(2)20-12-14(11-19-8-4-3-5-9-19)16-7-6-15(18)10-17(16)20/h6-7,10,12-13H,3-5,8-9,11H2,1-2H3. The number of rotatable bonds is 3. The number of likely N-dealkylation sites (tertiary alicyclic amines) is 1. The quantitative estimate of drug-likeness (QED) is 0.808. The summed E-state index contributed by atoms with van der Waals surface area (Å²) in [5, 5.41) is 1.20. The van der Waals surface area contributed by atoms with Gasteiger partial charge in [-0.1, -0.05) is 6.42 Å². The summed E-state index contributed by atoms with van der Waals surface area (Å²) in [6.07, 6.45) is 6.17. The minimum atomic E-state index is -0.151. The predicted octanol–water partition coefficient (Wildman–Crippen LogP) is 4.35. The lowest BCUT2D eigenvalue weighted by Gasteiger charge is -2.26. The summed E-state index contributed by atoms with van der Waals surface area (Å²) in [4.78, 5) is 2.52. The average molecular weight is 274 g/mol. The summed E-state index contributed by atoms with van der Waals surface area (Å²) in [7, 11) is 0. The van der Waals surface area contributed by atoms with Crippen LogP contribution in [-0.4, -0.2) is 22.6 Å². The fraction of sp³-hybridized carbons (Fsp3) is 0.529. The van der Waals surface area contributed by atoms with Crippen LogP contribution in [0.3, 0.4) is 0 Å². The van der Waals surface area contributed by atoms with Crippen LogP contribution >= 0.6 is 0 Å². The maximum Gasteiger partial charge on any atom is 0.125 e. The van der Waals surface area contributed by atoms with E-state index in [0.717, 1.165) is 12.1 Å². The molecule has 2 aromatic rings. The van der Waals surface area contributed by atoms with Crippen LogP contribution in [0.5, 0.6) is 0 Å². The lowest BCUT2D eigenvalue weighted by Crippen LogP contribution is -2.28. The van der Waals surface area contributed by atoms with E-state index in [1.54, 1.807) is 12.1 Å². The highest BCUT2D eigenvalue weighted by Crippen LogP contribution is 2.27. The van der Waals surface area contributed by atoms with Crippen LogP contribution in [-0.2, 0) is 6.54 Å². The third-order valence-electron chi connectivity index (χ3n) is 4.28. The van der Waals surface area contributed by atoms with Gasteiger partial charge < -0.3 is 4.57 Å². The van der Waals surface area contributed by atoms with Crippen molar-refractivity contribution in [2.45, 2.75) is 45.7 Å². The molecule has 0 atom stereocenters. The molecule has 1 fully saturated rings. The van der Waals surface area contributed by atoms with E-state index in [9.17, 15) is 4.39 Å². The minimum absolute atomic E-state index is 0.151. The van der Waals surface area contributed by atoms with Crippen LogP contribution in [0.25, 0.3) is 10.9 Å². The topological polar surface area (TPSA) is 8.17 Å². The number of hydrogen-bond donors (Lipinski definition) is 0. The third kappa shape index (κ3) is 2.59. The second-order valence-corrected chi connectivity index (χ2v) is 6.15. The number of nitrogens with zero attached hydrogens (tertiary/aromatic N) is 2. The first kappa shape index (κ1) is 13.6. The Morgan fingerprint density at radius 3 is 2.60 bits per heavy atom. The van der Waals surface area contributed by atoms with Gasteiger partial charge in [0.2, 0.25) is 0 Å². The predicted molar refractivity (Wildman–Crippen MR) is 81.4 cm³/mol. The highest BCUT2D eigenvalue weighted by molar-refractivity contribution is 5.84.